The summed E-state index contributed by atoms with van der Waals surface area (Å²) in [6, 6.07) is 0. The van der Waals surface area contributed by atoms with Crippen molar-refractivity contribution in [3.05, 3.63) is 35.6 Å². The maximum atomic E-state index is 11.1. The Kier molecular flexibility index (Phi) is 9.25. The van der Waals surface area contributed by atoms with Crippen molar-refractivity contribution in [2.75, 3.05) is 13.2 Å². The van der Waals surface area contributed by atoms with Gasteiger partial charge in [0.25, 0.3) is 0 Å². The fourth-order valence-corrected chi connectivity index (χ4v) is 3.06. The van der Waals surface area contributed by atoms with Crippen molar-refractivity contribution in [1.29, 1.82) is 0 Å². The number of carbonyl (C=O) groups is 1. The molecule has 0 N–H and O–H groups in total. The third kappa shape index (κ3) is 7.57. The summed E-state index contributed by atoms with van der Waals surface area (Å²) in [5.74, 6) is 0.820. The van der Waals surface area contributed by atoms with Crippen molar-refractivity contribution in [3.8, 4) is 0 Å². The Morgan fingerprint density at radius 1 is 1.43 bits per heavy atom. The third-order valence-electron chi connectivity index (χ3n) is 3.19. The number of carbonyl (C=O) groups excluding carboxylic acids is 1. The van der Waals surface area contributed by atoms with Gasteiger partial charge in [0.2, 0.25) is 0 Å². The van der Waals surface area contributed by atoms with Gasteiger partial charge in [-0.05, 0) is 0 Å². The van der Waals surface area contributed by atoms with Gasteiger partial charge in [0.05, 0.1) is 0 Å². The van der Waals surface area contributed by atoms with E-state index in [0.29, 0.717) is 6.61 Å². The number of hydrogen-bond acceptors (Lipinski definition) is 3. The number of esters is 1. The number of rotatable bonds is 8. The molecule has 116 valence electrons. The van der Waals surface area contributed by atoms with Crippen LogP contribution in [0.15, 0.2) is 35.6 Å². The van der Waals surface area contributed by atoms with Crippen LogP contribution in [0.4, 0.5) is 0 Å². The van der Waals surface area contributed by atoms with E-state index in [9.17, 15) is 4.79 Å². The summed E-state index contributed by atoms with van der Waals surface area (Å²) >= 11 is 2.13. The number of unbranched alkanes of at least 4 members (excludes halogenated alkanes) is 1. The van der Waals surface area contributed by atoms with E-state index >= 15 is 0 Å². The van der Waals surface area contributed by atoms with Crippen LogP contribution in [-0.2, 0) is 33.6 Å². The zero-order chi connectivity index (χ0) is 15.5. The first-order valence-electron chi connectivity index (χ1n) is 7.50. The van der Waals surface area contributed by atoms with E-state index in [2.05, 4.69) is 32.4 Å². The van der Waals surface area contributed by atoms with Crippen LogP contribution in [0.3, 0.4) is 0 Å². The Morgan fingerprint density at radius 3 is 2.95 bits per heavy atom. The van der Waals surface area contributed by atoms with Crippen molar-refractivity contribution in [1.82, 2.24) is 0 Å². The van der Waals surface area contributed by atoms with E-state index in [1.165, 1.54) is 15.5 Å². The van der Waals surface area contributed by atoms with Gasteiger partial charge in [0, 0.05) is 0 Å². The summed E-state index contributed by atoms with van der Waals surface area (Å²) in [6.45, 7) is 5.15. The van der Waals surface area contributed by atoms with Crippen molar-refractivity contribution >= 4 is 9.87 Å². The van der Waals surface area contributed by atoms with E-state index in [1.54, 1.807) is 13.0 Å². The summed E-state index contributed by atoms with van der Waals surface area (Å²) in [5, 5.41) is 0. The fourth-order valence-electron chi connectivity index (χ4n) is 2.10. The van der Waals surface area contributed by atoms with Gasteiger partial charge >= 0.3 is 138 Å². The van der Waals surface area contributed by atoms with Gasteiger partial charge in [-0.15, -0.1) is 0 Å². The van der Waals surface area contributed by atoms with E-state index in [1.807, 2.05) is 6.08 Å². The second kappa shape index (κ2) is 10.7. The first-order valence-corrected chi connectivity index (χ1v) is 8.51. The van der Waals surface area contributed by atoms with Crippen molar-refractivity contribution in [3.63, 3.8) is 0 Å². The quantitative estimate of drug-likeness (QED) is 0.215. The Labute approximate surface area is 138 Å². The molecule has 4 heteroatoms. The predicted molar refractivity (Wildman–Crippen MR) is 81.7 cm³/mol. The molecule has 0 aromatic heterocycles. The zero-order valence-electron chi connectivity index (χ0n) is 12.9. The second-order valence-electron chi connectivity index (χ2n) is 4.84. The molecule has 3 nitrogen and oxygen atoms in total. The van der Waals surface area contributed by atoms with E-state index in [0.717, 1.165) is 44.5 Å². The van der Waals surface area contributed by atoms with Crippen molar-refractivity contribution in [2.24, 2.45) is 0 Å². The standard InChI is InChI=1S/C17H24O3.Mo/c1-3-19-17(18)13-9-7-5-4-6-8-11-16-12-10-14-20-15(16)2;/h5,7,9,13H,3-4,6,8,10,12,14H2,1-2H3;/b7-5+,13-9+;. The fraction of sp³-hybridized carbons (Fsp3) is 0.529. The van der Waals surface area contributed by atoms with Gasteiger partial charge in [-0.25, -0.2) is 0 Å². The molecule has 0 saturated heterocycles. The van der Waals surface area contributed by atoms with E-state index < -0.39 is 0 Å². The van der Waals surface area contributed by atoms with Gasteiger partial charge in [-0.2, -0.15) is 0 Å². The third-order valence-corrected chi connectivity index (χ3v) is 4.30. The molecule has 21 heavy (non-hydrogen) atoms. The van der Waals surface area contributed by atoms with Crippen LogP contribution >= 0.6 is 0 Å². The van der Waals surface area contributed by atoms with Gasteiger partial charge < -0.3 is 0 Å². The van der Waals surface area contributed by atoms with Crippen molar-refractivity contribution in [2.45, 2.75) is 46.0 Å². The molecule has 1 aliphatic rings. The molecule has 0 fully saturated rings. The molecule has 0 radical (unpaired) electrons. The van der Waals surface area contributed by atoms with Gasteiger partial charge in [0.15, 0.2) is 0 Å². The zero-order valence-corrected chi connectivity index (χ0v) is 14.9. The molecule has 0 amide bonds. The summed E-state index contributed by atoms with van der Waals surface area (Å²) in [5.41, 5.74) is 1.41. The number of hydrogen-bond donors (Lipinski definition) is 0. The molecule has 0 atom stereocenters. The Balaban J connectivity index is 2.22. The van der Waals surface area contributed by atoms with Gasteiger partial charge in [0.1, 0.15) is 0 Å². The monoisotopic (exact) mass is 374 g/mol. The van der Waals surface area contributed by atoms with Gasteiger partial charge in [-0.1, -0.05) is 0 Å². The summed E-state index contributed by atoms with van der Waals surface area (Å²) in [6.07, 6.45) is 12.7. The Morgan fingerprint density at radius 2 is 2.24 bits per heavy atom. The molecule has 1 rings (SSSR count). The van der Waals surface area contributed by atoms with Gasteiger partial charge in [-0.3, -0.25) is 0 Å². The topological polar surface area (TPSA) is 35.5 Å². The first-order chi connectivity index (χ1) is 10.1. The van der Waals surface area contributed by atoms with E-state index in [-0.39, 0.29) is 5.97 Å². The maximum absolute atomic E-state index is 11.1. The normalized spacial score (nSPS) is 15.5. The SMILES string of the molecule is CCOC(=O)/C=C/C=C/CCC[C](=[Mo])C1=C(C)OCCC1. The van der Waals surface area contributed by atoms with Crippen LogP contribution in [0.2, 0.25) is 0 Å². The van der Waals surface area contributed by atoms with Crippen LogP contribution in [0.5, 0.6) is 0 Å². The molecule has 0 saturated carbocycles. The summed E-state index contributed by atoms with van der Waals surface area (Å²) in [7, 11) is 0. The minimum absolute atomic E-state index is 0.286. The average Bonchev–Trinajstić information content (AvgIpc) is 2.46. The number of allylic oxidation sites excluding steroid dienone is 5. The summed E-state index contributed by atoms with van der Waals surface area (Å²) < 4.78 is 11.9. The molecule has 1 aliphatic heterocycles. The van der Waals surface area contributed by atoms with Crippen LogP contribution in [0.1, 0.15) is 46.0 Å². The average molecular weight is 372 g/mol. The number of ether oxygens (including phenoxy) is 2. The molecular formula is C17H24MoO3. The molecule has 0 spiro atoms. The Hall–Kier alpha value is -0.952. The first kappa shape index (κ1) is 18.1. The Bertz CT molecular complexity index is 447. The molecule has 0 unspecified atom stereocenters. The van der Waals surface area contributed by atoms with Crippen LogP contribution < -0.4 is 0 Å². The van der Waals surface area contributed by atoms with Crippen LogP contribution in [-0.4, -0.2) is 23.1 Å². The molecular weight excluding hydrogens is 348 g/mol. The molecule has 0 bridgehead atoms. The minimum atomic E-state index is -0.286. The van der Waals surface area contributed by atoms with Crippen LogP contribution in [0, 0.1) is 0 Å². The molecule has 1 heterocycles. The molecule has 0 aliphatic carbocycles. The second-order valence-corrected chi connectivity index (χ2v) is 6.05. The van der Waals surface area contributed by atoms with Crippen molar-refractivity contribution < 1.29 is 33.6 Å². The van der Waals surface area contributed by atoms with Crippen LogP contribution in [0.25, 0.3) is 0 Å². The van der Waals surface area contributed by atoms with E-state index in [4.69, 9.17) is 9.47 Å². The predicted octanol–water partition coefficient (Wildman–Crippen LogP) is 3.64. The molecule has 0 aromatic carbocycles. The summed E-state index contributed by atoms with van der Waals surface area (Å²) in [4.78, 5) is 11.1. The molecule has 0 aromatic rings.